The average molecular weight is 565 g/mol. The van der Waals surface area contributed by atoms with Crippen LogP contribution >= 0.6 is 11.6 Å². The van der Waals surface area contributed by atoms with Crippen molar-refractivity contribution in [2.45, 2.75) is 89.3 Å². The smallest absolute Gasteiger partial charge is 0.224 e. The van der Waals surface area contributed by atoms with Crippen LogP contribution in [0.1, 0.15) is 81.8 Å². The number of alkyl halides is 1. The second-order valence-electron chi connectivity index (χ2n) is 13.1. The number of rotatable bonds is 11. The summed E-state index contributed by atoms with van der Waals surface area (Å²) in [6, 6.07) is 11.3. The van der Waals surface area contributed by atoms with E-state index in [1.165, 1.54) is 57.8 Å². The topological polar surface area (TPSA) is 85.7 Å². The Hall–Kier alpha value is -2.43. The van der Waals surface area contributed by atoms with Crippen molar-refractivity contribution < 1.29 is 4.39 Å². The van der Waals surface area contributed by atoms with Crippen molar-refractivity contribution in [1.29, 1.82) is 5.26 Å². The van der Waals surface area contributed by atoms with Gasteiger partial charge in [-0.05, 0) is 111 Å². The summed E-state index contributed by atoms with van der Waals surface area (Å²) in [4.78, 5) is 9.05. The lowest BCUT2D eigenvalue weighted by atomic mass is 9.47. The van der Waals surface area contributed by atoms with E-state index < -0.39 is 0 Å². The Morgan fingerprint density at radius 3 is 2.55 bits per heavy atom. The summed E-state index contributed by atoms with van der Waals surface area (Å²) in [5.74, 6) is 4.15. The molecular formula is C32H42ClFN6. The van der Waals surface area contributed by atoms with Crippen LogP contribution in [0.2, 0.25) is 5.02 Å². The Kier molecular flexibility index (Phi) is 8.46. The van der Waals surface area contributed by atoms with Crippen LogP contribution in [0, 0.1) is 40.4 Å². The molecule has 0 saturated heterocycles. The van der Waals surface area contributed by atoms with Crippen molar-refractivity contribution >= 4 is 23.4 Å². The Bertz CT molecular complexity index is 1190. The van der Waals surface area contributed by atoms with Gasteiger partial charge in [0, 0.05) is 30.2 Å². The molecule has 1 heterocycles. The first-order chi connectivity index (χ1) is 19.5. The number of nitriles is 1. The van der Waals surface area contributed by atoms with E-state index in [1.54, 1.807) is 6.20 Å². The highest BCUT2D eigenvalue weighted by atomic mass is 35.5. The van der Waals surface area contributed by atoms with E-state index in [0.29, 0.717) is 41.0 Å². The minimum Gasteiger partial charge on any atom is -0.368 e. The largest absolute Gasteiger partial charge is 0.368 e. The molecule has 214 valence electrons. The van der Waals surface area contributed by atoms with Gasteiger partial charge in [0.2, 0.25) is 5.95 Å². The maximum atomic E-state index is 12.6. The summed E-state index contributed by atoms with van der Waals surface area (Å²) in [7, 11) is 0. The fourth-order valence-electron chi connectivity index (χ4n) is 8.71. The van der Waals surface area contributed by atoms with Crippen molar-refractivity contribution in [3.63, 3.8) is 0 Å². The van der Waals surface area contributed by atoms with Gasteiger partial charge in [-0.1, -0.05) is 29.8 Å². The molecule has 3 unspecified atom stereocenters. The van der Waals surface area contributed by atoms with Crippen molar-refractivity contribution in [2.75, 3.05) is 23.9 Å². The first kappa shape index (κ1) is 27.7. The molecule has 3 N–H and O–H groups in total. The number of nitrogens with one attached hydrogen (secondary N) is 3. The molecule has 8 heteroatoms. The highest BCUT2D eigenvalue weighted by molar-refractivity contribution is 6.31. The number of benzene rings is 1. The Morgan fingerprint density at radius 1 is 1.05 bits per heavy atom. The van der Waals surface area contributed by atoms with Crippen LogP contribution in [0.3, 0.4) is 0 Å². The first-order valence-corrected chi connectivity index (χ1v) is 15.7. The third-order valence-corrected chi connectivity index (χ3v) is 10.7. The fourth-order valence-corrected chi connectivity index (χ4v) is 8.91. The van der Waals surface area contributed by atoms with Crippen molar-refractivity contribution in [3.05, 3.63) is 46.6 Å². The Morgan fingerprint density at radius 2 is 1.82 bits per heavy atom. The fraction of sp³-hybridized carbons (Fsp3) is 0.656. The van der Waals surface area contributed by atoms with Crippen LogP contribution in [0.5, 0.6) is 0 Å². The van der Waals surface area contributed by atoms with Crippen LogP contribution in [-0.4, -0.2) is 35.3 Å². The zero-order valence-corrected chi connectivity index (χ0v) is 24.1. The molecule has 0 radical (unpaired) electrons. The summed E-state index contributed by atoms with van der Waals surface area (Å²) in [6.07, 6.45) is 14.9. The molecule has 6 nitrogen and oxygen atoms in total. The van der Waals surface area contributed by atoms with Gasteiger partial charge >= 0.3 is 0 Å². The van der Waals surface area contributed by atoms with E-state index in [2.05, 4.69) is 27.0 Å². The van der Waals surface area contributed by atoms with E-state index in [9.17, 15) is 9.65 Å². The summed E-state index contributed by atoms with van der Waals surface area (Å²) >= 11 is 6.30. The summed E-state index contributed by atoms with van der Waals surface area (Å²) < 4.78 is 12.6. The molecule has 5 atom stereocenters. The second kappa shape index (κ2) is 12.2. The monoisotopic (exact) mass is 564 g/mol. The lowest BCUT2D eigenvalue weighted by Gasteiger charge is -2.61. The van der Waals surface area contributed by atoms with Crippen LogP contribution in [0.4, 0.5) is 16.2 Å². The molecule has 5 aliphatic rings. The SMILES string of the molecule is N#Cc1cnc(NCc2ccccc2Cl)nc1NCC12CC3C[C@H](C1)C(NC1CCC(CCCF)CC1)[C@@H](C3)C2. The number of anilines is 2. The third-order valence-electron chi connectivity index (χ3n) is 10.4. The van der Waals surface area contributed by atoms with E-state index in [1.807, 2.05) is 24.3 Å². The van der Waals surface area contributed by atoms with Crippen LogP contribution in [0.25, 0.3) is 0 Å². The summed E-state index contributed by atoms with van der Waals surface area (Å²) in [5, 5.41) is 21.5. The van der Waals surface area contributed by atoms with E-state index in [0.717, 1.165) is 48.6 Å². The van der Waals surface area contributed by atoms with Crippen molar-refractivity contribution in [2.24, 2.45) is 29.1 Å². The van der Waals surface area contributed by atoms with Gasteiger partial charge in [-0.15, -0.1) is 0 Å². The zero-order chi connectivity index (χ0) is 27.5. The van der Waals surface area contributed by atoms with Gasteiger partial charge in [0.05, 0.1) is 12.9 Å². The predicted molar refractivity (Wildman–Crippen MR) is 158 cm³/mol. The molecule has 1 aromatic heterocycles. The number of aromatic nitrogens is 2. The van der Waals surface area contributed by atoms with Crippen LogP contribution in [0.15, 0.2) is 30.5 Å². The van der Waals surface area contributed by atoms with Gasteiger partial charge in [-0.3, -0.25) is 4.39 Å². The summed E-state index contributed by atoms with van der Waals surface area (Å²) in [5.41, 5.74) is 1.74. The maximum Gasteiger partial charge on any atom is 0.224 e. The van der Waals surface area contributed by atoms with Crippen molar-refractivity contribution in [1.82, 2.24) is 15.3 Å². The number of nitrogens with zero attached hydrogens (tertiary/aromatic N) is 3. The summed E-state index contributed by atoms with van der Waals surface area (Å²) in [6.45, 7) is 1.21. The molecule has 0 amide bonds. The van der Waals surface area contributed by atoms with Gasteiger partial charge in [-0.2, -0.15) is 10.2 Å². The highest BCUT2D eigenvalue weighted by Crippen LogP contribution is 2.60. The molecule has 5 saturated carbocycles. The van der Waals surface area contributed by atoms with E-state index in [4.69, 9.17) is 16.6 Å². The lowest BCUT2D eigenvalue weighted by molar-refractivity contribution is -0.0732. The Balaban J connectivity index is 1.06. The van der Waals surface area contributed by atoms with E-state index >= 15 is 0 Å². The maximum absolute atomic E-state index is 12.6. The number of hydrogen-bond acceptors (Lipinski definition) is 6. The van der Waals surface area contributed by atoms with Crippen molar-refractivity contribution in [3.8, 4) is 6.07 Å². The molecule has 0 spiro atoms. The van der Waals surface area contributed by atoms with Gasteiger partial charge < -0.3 is 16.0 Å². The third kappa shape index (κ3) is 6.09. The quantitative estimate of drug-likeness (QED) is 0.269. The standard InChI is InChI=1S/C32H42ClFN6/c33-28-6-2-1-5-23(28)18-36-31-37-19-26(17-35)30(40-31)38-20-32-14-22-12-24(15-32)29(25(13-22)16-32)39-27-9-7-21(8-10-27)4-3-11-34/h1-2,5-6,19,21-22,24-25,27,29,39H,3-4,7-16,18,20H2,(H2,36,37,38,40)/t21?,22?,24-,25+,27?,29?,32?. The molecule has 5 aliphatic carbocycles. The molecule has 7 rings (SSSR count). The van der Waals surface area contributed by atoms with Gasteiger partial charge in [0.15, 0.2) is 0 Å². The van der Waals surface area contributed by atoms with Gasteiger partial charge in [0.25, 0.3) is 0 Å². The molecule has 1 aromatic carbocycles. The Labute approximate surface area is 242 Å². The minimum absolute atomic E-state index is 0.169. The molecule has 4 bridgehead atoms. The van der Waals surface area contributed by atoms with Crippen LogP contribution in [-0.2, 0) is 6.54 Å². The molecular weight excluding hydrogens is 523 g/mol. The lowest BCUT2D eigenvalue weighted by Crippen LogP contribution is -2.61. The molecule has 5 fully saturated rings. The zero-order valence-electron chi connectivity index (χ0n) is 23.3. The normalized spacial score (nSPS) is 32.5. The van der Waals surface area contributed by atoms with Gasteiger partial charge in [-0.25, -0.2) is 4.98 Å². The van der Waals surface area contributed by atoms with Crippen LogP contribution < -0.4 is 16.0 Å². The molecule has 0 aliphatic heterocycles. The van der Waals surface area contributed by atoms with Gasteiger partial charge in [0.1, 0.15) is 17.5 Å². The average Bonchev–Trinajstić information content (AvgIpc) is 2.97. The van der Waals surface area contributed by atoms with E-state index in [-0.39, 0.29) is 12.1 Å². The number of halogens is 2. The number of hydrogen-bond donors (Lipinski definition) is 3. The second-order valence-corrected chi connectivity index (χ2v) is 13.5. The highest BCUT2D eigenvalue weighted by Gasteiger charge is 2.55. The minimum atomic E-state index is -0.169. The predicted octanol–water partition coefficient (Wildman–Crippen LogP) is 7.12. The molecule has 2 aromatic rings. The first-order valence-electron chi connectivity index (χ1n) is 15.3. The molecule has 40 heavy (non-hydrogen) atoms.